The van der Waals surface area contributed by atoms with Crippen LogP contribution in [0.5, 0.6) is 0 Å². The molecule has 0 aliphatic rings. The first-order chi connectivity index (χ1) is 11.8. The molecule has 25 heavy (non-hydrogen) atoms. The lowest BCUT2D eigenvalue weighted by Crippen LogP contribution is -2.33. The van der Waals surface area contributed by atoms with Crippen molar-refractivity contribution < 1.29 is 4.79 Å². The second-order valence-corrected chi connectivity index (χ2v) is 7.94. The SMILES string of the molecule is Cc1ccc(NC(=S)NC(=O)c2sc3cc(Cl)ccc3c2Cl)cc1Cl. The first kappa shape index (κ1) is 18.4. The quantitative estimate of drug-likeness (QED) is 0.470. The van der Waals surface area contributed by atoms with Gasteiger partial charge in [0.1, 0.15) is 4.88 Å². The number of thiophene rings is 1. The molecular formula is C17H11Cl3N2OS2. The molecule has 0 bridgehead atoms. The second kappa shape index (κ2) is 7.48. The van der Waals surface area contributed by atoms with Gasteiger partial charge in [0.15, 0.2) is 5.11 Å². The van der Waals surface area contributed by atoms with Crippen molar-refractivity contribution in [2.45, 2.75) is 6.92 Å². The molecule has 0 fully saturated rings. The molecule has 0 aliphatic carbocycles. The normalized spacial score (nSPS) is 10.7. The minimum atomic E-state index is -0.377. The van der Waals surface area contributed by atoms with Crippen LogP contribution in [-0.2, 0) is 0 Å². The minimum Gasteiger partial charge on any atom is -0.332 e. The number of hydrogen-bond acceptors (Lipinski definition) is 3. The summed E-state index contributed by atoms with van der Waals surface area (Å²) < 4.78 is 0.840. The molecule has 1 aromatic heterocycles. The van der Waals surface area contributed by atoms with Crippen LogP contribution in [0.3, 0.4) is 0 Å². The fourth-order valence-electron chi connectivity index (χ4n) is 2.18. The standard InChI is InChI=1S/C17H11Cl3N2OS2/c1-8-2-4-10(7-12(8)19)21-17(24)22-16(23)15-14(20)11-5-3-9(18)6-13(11)25-15/h2-7H,1H3,(H2,21,22,23,24). The van der Waals surface area contributed by atoms with E-state index in [0.717, 1.165) is 15.6 Å². The second-order valence-electron chi connectivity index (χ2n) is 5.26. The van der Waals surface area contributed by atoms with E-state index in [2.05, 4.69) is 10.6 Å². The number of amides is 1. The minimum absolute atomic E-state index is 0.163. The van der Waals surface area contributed by atoms with Gasteiger partial charge in [-0.1, -0.05) is 46.9 Å². The zero-order chi connectivity index (χ0) is 18.1. The highest BCUT2D eigenvalue weighted by molar-refractivity contribution is 7.80. The summed E-state index contributed by atoms with van der Waals surface area (Å²) >= 11 is 24.8. The lowest BCUT2D eigenvalue weighted by atomic mass is 10.2. The van der Waals surface area contributed by atoms with E-state index < -0.39 is 0 Å². The van der Waals surface area contributed by atoms with Gasteiger partial charge in [0.2, 0.25) is 0 Å². The fourth-order valence-corrected chi connectivity index (χ4v) is 4.26. The lowest BCUT2D eigenvalue weighted by molar-refractivity contribution is 0.0982. The number of halogens is 3. The van der Waals surface area contributed by atoms with Crippen molar-refractivity contribution in [2.24, 2.45) is 0 Å². The molecule has 2 aromatic carbocycles. The molecule has 1 amide bonds. The maximum atomic E-state index is 12.5. The van der Waals surface area contributed by atoms with Gasteiger partial charge in [-0.25, -0.2) is 0 Å². The highest BCUT2D eigenvalue weighted by Gasteiger charge is 2.18. The number of nitrogens with one attached hydrogen (secondary N) is 2. The van der Waals surface area contributed by atoms with Crippen molar-refractivity contribution in [2.75, 3.05) is 5.32 Å². The van der Waals surface area contributed by atoms with Crippen LogP contribution in [-0.4, -0.2) is 11.0 Å². The van der Waals surface area contributed by atoms with Gasteiger partial charge in [0, 0.05) is 25.8 Å². The highest BCUT2D eigenvalue weighted by Crippen LogP contribution is 2.36. The van der Waals surface area contributed by atoms with E-state index in [4.69, 9.17) is 47.0 Å². The van der Waals surface area contributed by atoms with Gasteiger partial charge in [-0.3, -0.25) is 10.1 Å². The molecule has 3 nitrogen and oxygen atoms in total. The number of benzene rings is 2. The molecule has 3 rings (SSSR count). The van der Waals surface area contributed by atoms with E-state index in [1.165, 1.54) is 11.3 Å². The zero-order valence-electron chi connectivity index (χ0n) is 12.8. The van der Waals surface area contributed by atoms with Crippen LogP contribution in [0, 0.1) is 6.92 Å². The maximum Gasteiger partial charge on any atom is 0.269 e. The Morgan fingerprint density at radius 2 is 1.88 bits per heavy atom. The number of hydrogen-bond donors (Lipinski definition) is 2. The lowest BCUT2D eigenvalue weighted by Gasteiger charge is -2.10. The predicted octanol–water partition coefficient (Wildman–Crippen LogP) is 6.30. The third-order valence-corrected chi connectivity index (χ3v) is 5.96. The Labute approximate surface area is 168 Å². The number of carbonyl (C=O) groups excluding carboxylic acids is 1. The summed E-state index contributed by atoms with van der Waals surface area (Å²) in [6.45, 7) is 1.90. The molecule has 0 radical (unpaired) electrons. The Bertz CT molecular complexity index is 1000. The summed E-state index contributed by atoms with van der Waals surface area (Å²) in [5.41, 5.74) is 1.65. The fraction of sp³-hybridized carbons (Fsp3) is 0.0588. The predicted molar refractivity (Wildman–Crippen MR) is 112 cm³/mol. The Morgan fingerprint density at radius 1 is 1.12 bits per heavy atom. The molecule has 2 N–H and O–H groups in total. The van der Waals surface area contributed by atoms with E-state index in [1.807, 2.05) is 19.1 Å². The van der Waals surface area contributed by atoms with Crippen LogP contribution in [0.4, 0.5) is 5.69 Å². The summed E-state index contributed by atoms with van der Waals surface area (Å²) in [7, 11) is 0. The first-order valence-corrected chi connectivity index (χ1v) is 9.47. The molecular weight excluding hydrogens is 419 g/mol. The van der Waals surface area contributed by atoms with Crippen LogP contribution in [0.15, 0.2) is 36.4 Å². The van der Waals surface area contributed by atoms with Crippen LogP contribution < -0.4 is 10.6 Å². The molecule has 8 heteroatoms. The number of fused-ring (bicyclic) bond motifs is 1. The number of thiocarbonyl (C=S) groups is 1. The van der Waals surface area contributed by atoms with Crippen LogP contribution in [0.2, 0.25) is 15.1 Å². The largest absolute Gasteiger partial charge is 0.332 e. The highest BCUT2D eigenvalue weighted by atomic mass is 35.5. The zero-order valence-corrected chi connectivity index (χ0v) is 16.7. The van der Waals surface area contributed by atoms with E-state index in [-0.39, 0.29) is 11.0 Å². The average molecular weight is 430 g/mol. The number of aryl methyl sites for hydroxylation is 1. The summed E-state index contributed by atoms with van der Waals surface area (Å²) in [6, 6.07) is 10.7. The monoisotopic (exact) mass is 428 g/mol. The van der Waals surface area contributed by atoms with Gasteiger partial charge in [0.25, 0.3) is 5.91 Å². The molecule has 0 saturated heterocycles. The Kier molecular flexibility index (Phi) is 5.51. The molecule has 0 unspecified atom stereocenters. The molecule has 1 heterocycles. The van der Waals surface area contributed by atoms with Gasteiger partial charge >= 0.3 is 0 Å². The van der Waals surface area contributed by atoms with Crippen molar-refractivity contribution in [1.29, 1.82) is 0 Å². The number of carbonyl (C=O) groups is 1. The van der Waals surface area contributed by atoms with Crippen molar-refractivity contribution in [3.63, 3.8) is 0 Å². The van der Waals surface area contributed by atoms with Crippen molar-refractivity contribution in [1.82, 2.24) is 5.32 Å². The molecule has 0 aliphatic heterocycles. The smallest absolute Gasteiger partial charge is 0.269 e. The maximum absolute atomic E-state index is 12.5. The van der Waals surface area contributed by atoms with Crippen molar-refractivity contribution in [3.8, 4) is 0 Å². The van der Waals surface area contributed by atoms with Crippen LogP contribution in [0.1, 0.15) is 15.2 Å². The van der Waals surface area contributed by atoms with E-state index >= 15 is 0 Å². The Balaban J connectivity index is 1.76. The van der Waals surface area contributed by atoms with E-state index in [1.54, 1.807) is 24.3 Å². The molecule has 0 atom stereocenters. The summed E-state index contributed by atoms with van der Waals surface area (Å²) in [4.78, 5) is 12.8. The van der Waals surface area contributed by atoms with E-state index in [9.17, 15) is 4.79 Å². The van der Waals surface area contributed by atoms with Crippen LogP contribution in [0.25, 0.3) is 10.1 Å². The van der Waals surface area contributed by atoms with Gasteiger partial charge in [0.05, 0.1) is 5.02 Å². The first-order valence-electron chi connectivity index (χ1n) is 7.11. The summed E-state index contributed by atoms with van der Waals surface area (Å²) in [6.07, 6.45) is 0. The van der Waals surface area contributed by atoms with Gasteiger partial charge in [-0.2, -0.15) is 0 Å². The van der Waals surface area contributed by atoms with Crippen LogP contribution >= 0.6 is 58.4 Å². The Hall–Kier alpha value is -1.37. The average Bonchev–Trinajstić information content (AvgIpc) is 2.87. The Morgan fingerprint density at radius 3 is 2.60 bits per heavy atom. The third-order valence-electron chi connectivity index (χ3n) is 3.45. The van der Waals surface area contributed by atoms with Gasteiger partial charge in [-0.05, 0) is 49.0 Å². The summed E-state index contributed by atoms with van der Waals surface area (Å²) in [5, 5.41) is 8.09. The molecule has 0 spiro atoms. The van der Waals surface area contributed by atoms with Gasteiger partial charge in [-0.15, -0.1) is 11.3 Å². The number of rotatable bonds is 2. The van der Waals surface area contributed by atoms with E-state index in [0.29, 0.717) is 25.6 Å². The summed E-state index contributed by atoms with van der Waals surface area (Å²) in [5.74, 6) is -0.377. The molecule has 3 aromatic rings. The third kappa shape index (κ3) is 4.07. The topological polar surface area (TPSA) is 41.1 Å². The van der Waals surface area contributed by atoms with Crippen molar-refractivity contribution >= 4 is 85.2 Å². The van der Waals surface area contributed by atoms with Gasteiger partial charge < -0.3 is 5.32 Å². The van der Waals surface area contributed by atoms with Crippen molar-refractivity contribution in [3.05, 3.63) is 61.9 Å². The molecule has 128 valence electrons. The number of anilines is 1. The molecule has 0 saturated carbocycles.